The van der Waals surface area contributed by atoms with E-state index in [1.54, 1.807) is 6.07 Å². The van der Waals surface area contributed by atoms with Gasteiger partial charge in [-0.25, -0.2) is 4.98 Å². The first-order valence-electron chi connectivity index (χ1n) is 4.77. The molecule has 2 aromatic rings. The second-order valence-electron chi connectivity index (χ2n) is 3.27. The van der Waals surface area contributed by atoms with Gasteiger partial charge in [0.2, 0.25) is 5.88 Å². The largest absolute Gasteiger partial charge is 0.480 e. The first-order chi connectivity index (χ1) is 8.97. The van der Waals surface area contributed by atoms with Gasteiger partial charge in [-0.1, -0.05) is 0 Å². The van der Waals surface area contributed by atoms with Crippen molar-refractivity contribution in [2.45, 2.75) is 6.18 Å². The Labute approximate surface area is 104 Å². The number of ether oxygens (including phenoxy) is 1. The van der Waals surface area contributed by atoms with E-state index >= 15 is 0 Å². The zero-order valence-electron chi connectivity index (χ0n) is 9.38. The summed E-state index contributed by atoms with van der Waals surface area (Å²) in [5.41, 5.74) is -0.113. The van der Waals surface area contributed by atoms with Crippen LogP contribution in [0.15, 0.2) is 12.3 Å². The van der Waals surface area contributed by atoms with Gasteiger partial charge >= 0.3 is 6.18 Å². The van der Waals surface area contributed by atoms with E-state index in [0.717, 1.165) is 12.3 Å². The zero-order chi connectivity index (χ0) is 14.0. The molecule has 0 bridgehead atoms. The Kier molecular flexibility index (Phi) is 3.04. The van der Waals surface area contributed by atoms with E-state index in [1.165, 1.54) is 7.11 Å². The molecule has 0 saturated carbocycles. The predicted octanol–water partition coefficient (Wildman–Crippen LogP) is 0.956. The van der Waals surface area contributed by atoms with E-state index in [2.05, 4.69) is 20.5 Å². The van der Waals surface area contributed by atoms with Crippen LogP contribution in [0, 0.1) is 11.3 Å². The highest BCUT2D eigenvalue weighted by Gasteiger charge is 2.38. The third-order valence-electron chi connectivity index (χ3n) is 2.12. The number of alkyl halides is 3. The first-order valence-corrected chi connectivity index (χ1v) is 4.77. The lowest BCUT2D eigenvalue weighted by molar-refractivity contribution is -0.146. The van der Waals surface area contributed by atoms with E-state index in [-0.39, 0.29) is 17.1 Å². The number of tetrazole rings is 1. The van der Waals surface area contributed by atoms with Crippen LogP contribution in [0.2, 0.25) is 0 Å². The lowest BCUT2D eigenvalue weighted by atomic mass is 10.2. The van der Waals surface area contributed by atoms with Crippen LogP contribution < -0.4 is 4.74 Å². The van der Waals surface area contributed by atoms with Crippen LogP contribution in [0.5, 0.6) is 5.88 Å². The maximum atomic E-state index is 12.6. The standard InChI is InChI=1S/C9H5F3N6O/c1-19-7-5(3-13)2-6(4-14-7)18-8(9(10,11)12)15-16-17-18/h2,4H,1H3. The second-order valence-corrected chi connectivity index (χ2v) is 3.27. The highest BCUT2D eigenvalue weighted by Crippen LogP contribution is 2.28. The molecule has 0 spiro atoms. The quantitative estimate of drug-likeness (QED) is 0.807. The van der Waals surface area contributed by atoms with Gasteiger partial charge in [-0.3, -0.25) is 0 Å². The minimum Gasteiger partial charge on any atom is -0.480 e. The lowest BCUT2D eigenvalue weighted by Gasteiger charge is -2.08. The minimum absolute atomic E-state index is 0.00730. The van der Waals surface area contributed by atoms with Gasteiger partial charge in [-0.2, -0.15) is 23.1 Å². The molecule has 0 fully saturated rings. The Morgan fingerprint density at radius 2 is 2.16 bits per heavy atom. The van der Waals surface area contributed by atoms with Crippen molar-refractivity contribution in [1.29, 1.82) is 5.26 Å². The number of halogens is 3. The topological polar surface area (TPSA) is 89.5 Å². The molecule has 0 unspecified atom stereocenters. The molecule has 10 heteroatoms. The summed E-state index contributed by atoms with van der Waals surface area (Å²) in [6.45, 7) is 0. The predicted molar refractivity (Wildman–Crippen MR) is 53.2 cm³/mol. The Hall–Kier alpha value is -2.70. The molecule has 98 valence electrons. The molecule has 0 atom stereocenters. The third kappa shape index (κ3) is 2.30. The van der Waals surface area contributed by atoms with Crippen LogP contribution in [0.1, 0.15) is 11.4 Å². The van der Waals surface area contributed by atoms with Gasteiger partial charge in [0.15, 0.2) is 0 Å². The van der Waals surface area contributed by atoms with Gasteiger partial charge in [-0.15, -0.1) is 5.10 Å². The monoisotopic (exact) mass is 270 g/mol. The summed E-state index contributed by atoms with van der Waals surface area (Å²) in [6.07, 6.45) is -3.64. The summed E-state index contributed by atoms with van der Waals surface area (Å²) in [5, 5.41) is 17.9. The fourth-order valence-electron chi connectivity index (χ4n) is 1.34. The van der Waals surface area contributed by atoms with Crippen LogP contribution in [0.3, 0.4) is 0 Å². The molecule has 2 rings (SSSR count). The first kappa shape index (κ1) is 12.7. The molecular formula is C9H5F3N6O. The molecule has 0 N–H and O–H groups in total. The summed E-state index contributed by atoms with van der Waals surface area (Å²) < 4.78 is 43.1. The van der Waals surface area contributed by atoms with E-state index in [1.807, 2.05) is 0 Å². The summed E-state index contributed by atoms with van der Waals surface area (Å²) in [5.74, 6) is -1.30. The van der Waals surface area contributed by atoms with Gasteiger partial charge in [0, 0.05) is 0 Å². The van der Waals surface area contributed by atoms with Crippen LogP contribution in [-0.4, -0.2) is 32.3 Å². The van der Waals surface area contributed by atoms with Crippen molar-refractivity contribution in [3.63, 3.8) is 0 Å². The van der Waals surface area contributed by atoms with E-state index < -0.39 is 12.0 Å². The number of aromatic nitrogens is 5. The van der Waals surface area contributed by atoms with Crippen molar-refractivity contribution in [1.82, 2.24) is 25.2 Å². The molecule has 0 aromatic carbocycles. The second kappa shape index (κ2) is 4.52. The summed E-state index contributed by atoms with van der Waals surface area (Å²) in [7, 11) is 1.29. The molecule has 0 saturated heterocycles. The highest BCUT2D eigenvalue weighted by atomic mass is 19.4. The van der Waals surface area contributed by atoms with Crippen molar-refractivity contribution in [3.05, 3.63) is 23.7 Å². The Bertz CT molecular complexity index is 644. The van der Waals surface area contributed by atoms with Crippen LogP contribution >= 0.6 is 0 Å². The van der Waals surface area contributed by atoms with Crippen molar-refractivity contribution < 1.29 is 17.9 Å². The van der Waals surface area contributed by atoms with Crippen molar-refractivity contribution >= 4 is 0 Å². The molecule has 0 aliphatic carbocycles. The van der Waals surface area contributed by atoms with E-state index in [4.69, 9.17) is 10.00 Å². The van der Waals surface area contributed by atoms with Crippen LogP contribution in [0.4, 0.5) is 13.2 Å². The van der Waals surface area contributed by atoms with Gasteiger partial charge in [0.25, 0.3) is 5.82 Å². The smallest absolute Gasteiger partial charge is 0.453 e. The van der Waals surface area contributed by atoms with Gasteiger partial charge < -0.3 is 4.74 Å². The third-order valence-corrected chi connectivity index (χ3v) is 2.12. The summed E-state index contributed by atoms with van der Waals surface area (Å²) >= 11 is 0. The van der Waals surface area contributed by atoms with Crippen LogP contribution in [0.25, 0.3) is 5.69 Å². The average Bonchev–Trinajstić information content (AvgIpc) is 2.87. The Morgan fingerprint density at radius 3 is 2.74 bits per heavy atom. The number of nitriles is 1. The Balaban J connectivity index is 2.55. The SMILES string of the molecule is COc1ncc(-n2nnnc2C(F)(F)F)cc1C#N. The molecule has 0 aliphatic heterocycles. The maximum absolute atomic E-state index is 12.6. The molecule has 0 aliphatic rings. The Morgan fingerprint density at radius 1 is 1.42 bits per heavy atom. The zero-order valence-corrected chi connectivity index (χ0v) is 9.38. The average molecular weight is 270 g/mol. The summed E-state index contributed by atoms with van der Waals surface area (Å²) in [4.78, 5) is 3.72. The fourth-order valence-corrected chi connectivity index (χ4v) is 1.34. The summed E-state index contributed by atoms with van der Waals surface area (Å²) in [6, 6.07) is 2.91. The molecule has 0 radical (unpaired) electrons. The van der Waals surface area contributed by atoms with Gasteiger partial charge in [0.05, 0.1) is 19.0 Å². The number of hydrogen-bond acceptors (Lipinski definition) is 6. The van der Waals surface area contributed by atoms with Crippen molar-refractivity contribution in [3.8, 4) is 17.6 Å². The molecule has 7 nitrogen and oxygen atoms in total. The minimum atomic E-state index is -4.71. The molecular weight excluding hydrogens is 265 g/mol. The van der Waals surface area contributed by atoms with E-state index in [0.29, 0.717) is 4.68 Å². The fraction of sp³-hybridized carbons (Fsp3) is 0.222. The van der Waals surface area contributed by atoms with Gasteiger partial charge in [0.1, 0.15) is 11.6 Å². The lowest BCUT2D eigenvalue weighted by Crippen LogP contribution is -2.15. The van der Waals surface area contributed by atoms with Crippen molar-refractivity contribution in [2.24, 2.45) is 0 Å². The number of hydrogen-bond donors (Lipinski definition) is 0. The molecule has 2 heterocycles. The van der Waals surface area contributed by atoms with E-state index in [9.17, 15) is 13.2 Å². The number of rotatable bonds is 2. The normalized spacial score (nSPS) is 11.1. The highest BCUT2D eigenvalue weighted by molar-refractivity contribution is 5.45. The number of nitrogens with zero attached hydrogens (tertiary/aromatic N) is 6. The molecule has 0 amide bonds. The maximum Gasteiger partial charge on any atom is 0.453 e. The van der Waals surface area contributed by atoms with Crippen LogP contribution in [-0.2, 0) is 6.18 Å². The molecule has 2 aromatic heterocycles. The van der Waals surface area contributed by atoms with Crippen molar-refractivity contribution in [2.75, 3.05) is 7.11 Å². The number of methoxy groups -OCH3 is 1. The van der Waals surface area contributed by atoms with Gasteiger partial charge in [-0.05, 0) is 16.5 Å². The molecule has 19 heavy (non-hydrogen) atoms. The number of pyridine rings is 1.